The van der Waals surface area contributed by atoms with E-state index < -0.39 is 66.9 Å². The molecule has 17 heteroatoms. The third-order valence-corrected chi connectivity index (χ3v) is 8.08. The van der Waals surface area contributed by atoms with Crippen molar-refractivity contribution in [3.63, 3.8) is 0 Å². The minimum Gasteiger partial charge on any atom is -0.486 e. The highest BCUT2D eigenvalue weighted by Crippen LogP contribution is 2.36. The smallest absolute Gasteiger partial charge is 0.303 e. The molecule has 1 aliphatic rings. The zero-order chi connectivity index (χ0) is 37.8. The Labute approximate surface area is 301 Å². The third-order valence-electron chi connectivity index (χ3n) is 8.08. The molecule has 2 aromatic carbocycles. The number of esters is 4. The van der Waals surface area contributed by atoms with Crippen LogP contribution in [-0.4, -0.2) is 84.7 Å². The number of pyridine rings is 1. The maximum absolute atomic E-state index is 13.8. The van der Waals surface area contributed by atoms with Gasteiger partial charge in [0.25, 0.3) is 0 Å². The van der Waals surface area contributed by atoms with Gasteiger partial charge in [0.2, 0.25) is 0 Å². The van der Waals surface area contributed by atoms with Gasteiger partial charge in [-0.2, -0.15) is 5.10 Å². The molecule has 16 nitrogen and oxygen atoms in total. The van der Waals surface area contributed by atoms with E-state index >= 15 is 0 Å². The minimum absolute atomic E-state index is 0.122. The number of halogens is 1. The van der Waals surface area contributed by atoms with Gasteiger partial charge in [0.1, 0.15) is 36.6 Å². The van der Waals surface area contributed by atoms with Gasteiger partial charge in [0, 0.05) is 39.3 Å². The number of ether oxygens (including phenoxy) is 6. The number of fused-ring (bicyclic) bond motifs is 1. The van der Waals surface area contributed by atoms with Gasteiger partial charge in [-0.3, -0.25) is 19.2 Å². The summed E-state index contributed by atoms with van der Waals surface area (Å²) in [5.41, 5.74) is 3.37. The topological polar surface area (TPSA) is 185 Å². The Morgan fingerprint density at radius 3 is 2.17 bits per heavy atom. The van der Waals surface area contributed by atoms with E-state index in [1.807, 2.05) is 37.3 Å². The fourth-order valence-electron chi connectivity index (χ4n) is 5.96. The second-order valence-corrected chi connectivity index (χ2v) is 12.1. The number of benzene rings is 2. The molecule has 1 aliphatic heterocycles. The molecule has 5 aromatic rings. The summed E-state index contributed by atoms with van der Waals surface area (Å²) in [5, 5.41) is 13.8. The van der Waals surface area contributed by atoms with Crippen LogP contribution in [0.5, 0.6) is 5.75 Å². The highest BCUT2D eigenvalue weighted by atomic mass is 19.1. The molecule has 276 valence electrons. The Morgan fingerprint density at radius 1 is 0.849 bits per heavy atom. The van der Waals surface area contributed by atoms with Crippen molar-refractivity contribution in [1.29, 1.82) is 0 Å². The summed E-state index contributed by atoms with van der Waals surface area (Å²) < 4.78 is 51.0. The van der Waals surface area contributed by atoms with Crippen LogP contribution in [0.2, 0.25) is 0 Å². The Hall–Kier alpha value is -6.23. The normalized spacial score (nSPS) is 19.7. The maximum atomic E-state index is 13.8. The summed E-state index contributed by atoms with van der Waals surface area (Å²) in [4.78, 5) is 53.2. The standard InChI is InChI=1S/C36H35FN6O10/c1-19-31-29(15-28(24-11-13-25(37)14-12-24)38-35(31)43(40-19)27-9-7-6-8-10-27)49-17-26-16-42(41-39-26)36-34(52-23(5)47)33(51-22(4)46)32(50-21(3)45)30(53-36)18-48-20(2)44/h6-16,30,32-34,36H,17-18H2,1-5H3/t30-,32+,33+,34-,36-/m1/s1. The van der Waals surface area contributed by atoms with E-state index in [4.69, 9.17) is 38.5 Å². The Balaban J connectivity index is 1.35. The Bertz CT molecular complexity index is 2140. The number of carbonyl (C=O) groups excluding carboxylic acids is 4. The van der Waals surface area contributed by atoms with Gasteiger partial charge < -0.3 is 28.4 Å². The molecule has 3 aromatic heterocycles. The van der Waals surface area contributed by atoms with Crippen molar-refractivity contribution < 1.29 is 52.0 Å². The van der Waals surface area contributed by atoms with Crippen molar-refractivity contribution in [2.24, 2.45) is 0 Å². The van der Waals surface area contributed by atoms with Gasteiger partial charge in [-0.1, -0.05) is 23.4 Å². The molecule has 1 fully saturated rings. The summed E-state index contributed by atoms with van der Waals surface area (Å²) in [6, 6.07) is 17.1. The van der Waals surface area contributed by atoms with Gasteiger partial charge in [-0.15, -0.1) is 5.10 Å². The molecule has 53 heavy (non-hydrogen) atoms. The van der Waals surface area contributed by atoms with E-state index in [0.29, 0.717) is 39.4 Å². The van der Waals surface area contributed by atoms with Crippen molar-refractivity contribution in [3.05, 3.63) is 84.1 Å². The molecule has 0 aliphatic carbocycles. The first-order valence-electron chi connectivity index (χ1n) is 16.4. The lowest BCUT2D eigenvalue weighted by molar-refractivity contribution is -0.270. The molecule has 0 N–H and O–H groups in total. The zero-order valence-corrected chi connectivity index (χ0v) is 29.3. The van der Waals surface area contributed by atoms with Crippen molar-refractivity contribution in [2.45, 2.75) is 71.9 Å². The lowest BCUT2D eigenvalue weighted by Gasteiger charge is -2.44. The van der Waals surface area contributed by atoms with Gasteiger partial charge >= 0.3 is 23.9 Å². The predicted molar refractivity (Wildman–Crippen MR) is 181 cm³/mol. The van der Waals surface area contributed by atoms with Crippen LogP contribution in [0.3, 0.4) is 0 Å². The molecule has 4 heterocycles. The molecule has 0 radical (unpaired) electrons. The molecular weight excluding hydrogens is 695 g/mol. The quantitative estimate of drug-likeness (QED) is 0.140. The molecule has 0 unspecified atom stereocenters. The van der Waals surface area contributed by atoms with Gasteiger partial charge in [-0.05, 0) is 43.3 Å². The summed E-state index contributed by atoms with van der Waals surface area (Å²) >= 11 is 0. The van der Waals surface area contributed by atoms with Gasteiger partial charge in [-0.25, -0.2) is 18.7 Å². The van der Waals surface area contributed by atoms with Crippen LogP contribution in [0.15, 0.2) is 66.9 Å². The average Bonchev–Trinajstić information content (AvgIpc) is 3.72. The van der Waals surface area contributed by atoms with Crippen LogP contribution in [0, 0.1) is 12.7 Å². The third kappa shape index (κ3) is 8.30. The first-order chi connectivity index (χ1) is 25.4. The van der Waals surface area contributed by atoms with Crippen LogP contribution in [0.25, 0.3) is 28.0 Å². The summed E-state index contributed by atoms with van der Waals surface area (Å²) in [6.07, 6.45) is -5.09. The van der Waals surface area contributed by atoms with Gasteiger partial charge in [0.15, 0.2) is 30.2 Å². The molecular formula is C36H35FN6O10. The fourth-order valence-corrected chi connectivity index (χ4v) is 5.96. The monoisotopic (exact) mass is 730 g/mol. The minimum atomic E-state index is -1.39. The van der Waals surface area contributed by atoms with E-state index in [1.165, 1.54) is 29.9 Å². The number of para-hydroxylation sites is 1. The van der Waals surface area contributed by atoms with Gasteiger partial charge in [0.05, 0.1) is 28.7 Å². The van der Waals surface area contributed by atoms with Crippen molar-refractivity contribution in [1.82, 2.24) is 29.8 Å². The van der Waals surface area contributed by atoms with E-state index in [9.17, 15) is 23.6 Å². The van der Waals surface area contributed by atoms with E-state index in [2.05, 4.69) is 10.3 Å². The first-order valence-corrected chi connectivity index (χ1v) is 16.4. The molecule has 0 bridgehead atoms. The number of rotatable bonds is 11. The molecule has 0 spiro atoms. The summed E-state index contributed by atoms with van der Waals surface area (Å²) in [7, 11) is 0. The number of hydrogen-bond donors (Lipinski definition) is 0. The SMILES string of the molecule is CC(=O)OC[C@H]1O[C@@H](n2cc(COc3cc(-c4ccc(F)cc4)nc4c3c(C)nn4-c3ccccc3)nn2)[C@H](OC(C)=O)[C@@H](OC(C)=O)[C@H]1OC(C)=O. The van der Waals surface area contributed by atoms with Crippen LogP contribution >= 0.6 is 0 Å². The largest absolute Gasteiger partial charge is 0.486 e. The predicted octanol–water partition coefficient (Wildman–Crippen LogP) is 3.96. The highest BCUT2D eigenvalue weighted by molar-refractivity contribution is 5.89. The van der Waals surface area contributed by atoms with Crippen LogP contribution in [-0.2, 0) is 49.5 Å². The number of carbonyl (C=O) groups is 4. The Kier molecular flexibility index (Phi) is 10.7. The van der Waals surface area contributed by atoms with Crippen LogP contribution < -0.4 is 4.74 Å². The highest BCUT2D eigenvalue weighted by Gasteiger charge is 2.53. The molecule has 5 atom stereocenters. The van der Waals surface area contributed by atoms with Crippen LogP contribution in [0.1, 0.15) is 45.3 Å². The van der Waals surface area contributed by atoms with Crippen LogP contribution in [0.4, 0.5) is 4.39 Å². The van der Waals surface area contributed by atoms with Crippen molar-refractivity contribution in [3.8, 4) is 22.7 Å². The fraction of sp³-hybridized carbons (Fsp3) is 0.333. The summed E-state index contributed by atoms with van der Waals surface area (Å²) in [6.45, 7) is 5.91. The van der Waals surface area contributed by atoms with E-state index in [-0.39, 0.29) is 6.61 Å². The average molecular weight is 731 g/mol. The van der Waals surface area contributed by atoms with Crippen molar-refractivity contribution in [2.75, 3.05) is 6.61 Å². The molecule has 1 saturated heterocycles. The van der Waals surface area contributed by atoms with E-state index in [1.54, 1.807) is 22.9 Å². The number of nitrogens with zero attached hydrogens (tertiary/aromatic N) is 6. The Morgan fingerprint density at radius 2 is 1.51 bits per heavy atom. The number of aromatic nitrogens is 6. The van der Waals surface area contributed by atoms with E-state index in [0.717, 1.165) is 26.5 Å². The second kappa shape index (κ2) is 15.6. The maximum Gasteiger partial charge on any atom is 0.303 e. The lowest BCUT2D eigenvalue weighted by atomic mass is 9.97. The molecule has 6 rings (SSSR count). The molecule has 0 amide bonds. The molecule has 0 saturated carbocycles. The number of aryl methyl sites for hydroxylation is 1. The summed E-state index contributed by atoms with van der Waals surface area (Å²) in [5.74, 6) is -2.89. The van der Waals surface area contributed by atoms with Crippen molar-refractivity contribution >= 4 is 34.9 Å². The number of hydrogen-bond acceptors (Lipinski definition) is 14. The first kappa shape index (κ1) is 36.6. The lowest BCUT2D eigenvalue weighted by Crippen LogP contribution is -2.60. The second-order valence-electron chi connectivity index (χ2n) is 12.1. The zero-order valence-electron chi connectivity index (χ0n) is 29.3.